The lowest BCUT2D eigenvalue weighted by Gasteiger charge is -2.18. The number of nitrogens with one attached hydrogen (secondary N) is 1. The molecule has 2 rings (SSSR count). The number of piperidine rings is 1. The Balaban J connectivity index is 0.000000720. The lowest BCUT2D eigenvalue weighted by Crippen LogP contribution is -2.27. The third-order valence-corrected chi connectivity index (χ3v) is 2.08. The van der Waals surface area contributed by atoms with E-state index in [1.165, 1.54) is 6.39 Å². The average Bonchev–Trinajstić information content (AvgIpc) is 2.58. The quantitative estimate of drug-likeness (QED) is 0.715. The molecule has 1 aliphatic heterocycles. The highest BCUT2D eigenvalue weighted by atomic mass is 35.5. The Bertz CT molecular complexity index is 208. The van der Waals surface area contributed by atoms with E-state index < -0.39 is 0 Å². The van der Waals surface area contributed by atoms with E-state index >= 15 is 0 Å². The molecular formula is C7H12ClN3O. The van der Waals surface area contributed by atoms with Gasteiger partial charge in [0.15, 0.2) is 5.82 Å². The summed E-state index contributed by atoms with van der Waals surface area (Å²) in [6.45, 7) is 2.14. The highest BCUT2D eigenvalue weighted by Crippen LogP contribution is 2.20. The van der Waals surface area contributed by atoms with Crippen molar-refractivity contribution in [1.29, 1.82) is 0 Å². The zero-order valence-corrected chi connectivity index (χ0v) is 7.51. The van der Waals surface area contributed by atoms with Gasteiger partial charge in [0.1, 0.15) is 0 Å². The van der Waals surface area contributed by atoms with Crippen LogP contribution in [0.1, 0.15) is 24.6 Å². The summed E-state index contributed by atoms with van der Waals surface area (Å²) in [5.74, 6) is 1.38. The van der Waals surface area contributed by atoms with Crippen molar-refractivity contribution in [3.63, 3.8) is 0 Å². The number of hydrogen-bond acceptors (Lipinski definition) is 4. The summed E-state index contributed by atoms with van der Waals surface area (Å²) in [6.07, 6.45) is 3.65. The molecule has 1 fully saturated rings. The number of hydrogen-bond donors (Lipinski definition) is 1. The minimum absolute atomic E-state index is 0. The molecule has 0 radical (unpaired) electrons. The maximum atomic E-state index is 4.69. The average molecular weight is 190 g/mol. The van der Waals surface area contributed by atoms with Gasteiger partial charge < -0.3 is 9.84 Å². The van der Waals surface area contributed by atoms with Crippen LogP contribution in [0.3, 0.4) is 0 Å². The Morgan fingerprint density at radius 1 is 1.42 bits per heavy atom. The van der Waals surface area contributed by atoms with Gasteiger partial charge in [0.05, 0.1) is 0 Å². The number of halogens is 1. The summed E-state index contributed by atoms with van der Waals surface area (Å²) in [5.41, 5.74) is 0. The van der Waals surface area contributed by atoms with Gasteiger partial charge in [-0.2, -0.15) is 4.98 Å². The number of aromatic nitrogens is 2. The summed E-state index contributed by atoms with van der Waals surface area (Å²) in [4.78, 5) is 4.03. The molecule has 12 heavy (non-hydrogen) atoms. The van der Waals surface area contributed by atoms with Crippen LogP contribution in [0.2, 0.25) is 0 Å². The van der Waals surface area contributed by atoms with Gasteiger partial charge in [-0.1, -0.05) is 5.16 Å². The third kappa shape index (κ3) is 1.95. The van der Waals surface area contributed by atoms with Crippen molar-refractivity contribution >= 4 is 12.4 Å². The van der Waals surface area contributed by atoms with Gasteiger partial charge in [0, 0.05) is 5.92 Å². The first-order valence-corrected chi connectivity index (χ1v) is 3.94. The van der Waals surface area contributed by atoms with Crippen LogP contribution in [0.4, 0.5) is 0 Å². The van der Waals surface area contributed by atoms with Crippen LogP contribution in [-0.2, 0) is 0 Å². The van der Waals surface area contributed by atoms with Gasteiger partial charge in [0.2, 0.25) is 6.39 Å². The molecule has 1 aromatic rings. The Morgan fingerprint density at radius 3 is 2.75 bits per heavy atom. The predicted octanol–water partition coefficient (Wildman–Crippen LogP) is 0.958. The van der Waals surface area contributed by atoms with Crippen molar-refractivity contribution in [1.82, 2.24) is 15.5 Å². The van der Waals surface area contributed by atoms with Crippen molar-refractivity contribution in [2.75, 3.05) is 13.1 Å². The molecule has 1 N–H and O–H groups in total. The molecule has 0 unspecified atom stereocenters. The van der Waals surface area contributed by atoms with Crippen LogP contribution in [-0.4, -0.2) is 23.2 Å². The smallest absolute Gasteiger partial charge is 0.213 e. The molecule has 1 aliphatic rings. The fourth-order valence-corrected chi connectivity index (χ4v) is 1.44. The molecule has 0 bridgehead atoms. The van der Waals surface area contributed by atoms with E-state index in [4.69, 9.17) is 0 Å². The molecule has 5 heteroatoms. The van der Waals surface area contributed by atoms with Crippen LogP contribution in [0, 0.1) is 0 Å². The van der Waals surface area contributed by atoms with E-state index in [9.17, 15) is 0 Å². The normalized spacial score (nSPS) is 18.7. The van der Waals surface area contributed by atoms with Crippen LogP contribution in [0.25, 0.3) is 0 Å². The molecule has 0 aliphatic carbocycles. The van der Waals surface area contributed by atoms with Gasteiger partial charge in [0.25, 0.3) is 0 Å². The molecule has 68 valence electrons. The zero-order chi connectivity index (χ0) is 7.52. The third-order valence-electron chi connectivity index (χ3n) is 2.08. The molecular weight excluding hydrogens is 178 g/mol. The second-order valence-electron chi connectivity index (χ2n) is 2.81. The van der Waals surface area contributed by atoms with Gasteiger partial charge in [-0.05, 0) is 25.9 Å². The van der Waals surface area contributed by atoms with E-state index in [-0.39, 0.29) is 12.4 Å². The summed E-state index contributed by atoms with van der Waals surface area (Å²) >= 11 is 0. The highest BCUT2D eigenvalue weighted by Gasteiger charge is 2.18. The topological polar surface area (TPSA) is 51.0 Å². The maximum absolute atomic E-state index is 4.69. The molecule has 0 atom stereocenters. The van der Waals surface area contributed by atoms with Crippen molar-refractivity contribution in [3.05, 3.63) is 12.2 Å². The highest BCUT2D eigenvalue weighted by molar-refractivity contribution is 5.85. The van der Waals surface area contributed by atoms with E-state index in [1.54, 1.807) is 0 Å². The Labute approximate surface area is 77.1 Å². The van der Waals surface area contributed by atoms with Crippen molar-refractivity contribution < 1.29 is 4.52 Å². The molecule has 4 nitrogen and oxygen atoms in total. The van der Waals surface area contributed by atoms with E-state index in [0.29, 0.717) is 5.92 Å². The zero-order valence-electron chi connectivity index (χ0n) is 6.69. The van der Waals surface area contributed by atoms with Crippen LogP contribution >= 0.6 is 12.4 Å². The minimum atomic E-state index is 0. The predicted molar refractivity (Wildman–Crippen MR) is 46.4 cm³/mol. The fourth-order valence-electron chi connectivity index (χ4n) is 1.44. The van der Waals surface area contributed by atoms with Gasteiger partial charge in [-0.15, -0.1) is 12.4 Å². The molecule has 0 saturated carbocycles. The van der Waals surface area contributed by atoms with Crippen molar-refractivity contribution in [2.24, 2.45) is 0 Å². The minimum Gasteiger partial charge on any atom is -0.343 e. The number of nitrogens with zero attached hydrogens (tertiary/aromatic N) is 2. The monoisotopic (exact) mass is 189 g/mol. The largest absolute Gasteiger partial charge is 0.343 e. The second kappa shape index (κ2) is 4.42. The SMILES string of the molecule is Cl.c1nc(C2CCNCC2)no1. The van der Waals surface area contributed by atoms with Gasteiger partial charge in [-0.25, -0.2) is 0 Å². The summed E-state index contributed by atoms with van der Waals surface area (Å²) < 4.78 is 4.69. The van der Waals surface area contributed by atoms with Gasteiger partial charge >= 0.3 is 0 Å². The molecule has 1 aromatic heterocycles. The van der Waals surface area contributed by atoms with E-state index in [0.717, 1.165) is 31.8 Å². The molecule has 1 saturated heterocycles. The lowest BCUT2D eigenvalue weighted by molar-refractivity contribution is 0.385. The van der Waals surface area contributed by atoms with E-state index in [1.807, 2.05) is 0 Å². The van der Waals surface area contributed by atoms with Crippen molar-refractivity contribution in [2.45, 2.75) is 18.8 Å². The first-order chi connectivity index (χ1) is 5.47. The Hall–Kier alpha value is -0.610. The lowest BCUT2D eigenvalue weighted by atomic mass is 9.98. The van der Waals surface area contributed by atoms with Crippen LogP contribution in [0.15, 0.2) is 10.9 Å². The first-order valence-electron chi connectivity index (χ1n) is 3.94. The Morgan fingerprint density at radius 2 is 2.17 bits per heavy atom. The second-order valence-corrected chi connectivity index (χ2v) is 2.81. The van der Waals surface area contributed by atoms with Crippen LogP contribution < -0.4 is 5.32 Å². The Kier molecular flexibility index (Phi) is 3.49. The summed E-state index contributed by atoms with van der Waals surface area (Å²) in [5, 5.41) is 7.12. The summed E-state index contributed by atoms with van der Waals surface area (Å²) in [6, 6.07) is 0. The number of rotatable bonds is 1. The molecule has 0 amide bonds. The van der Waals surface area contributed by atoms with E-state index in [2.05, 4.69) is 20.0 Å². The first kappa shape index (κ1) is 9.48. The summed E-state index contributed by atoms with van der Waals surface area (Å²) in [7, 11) is 0. The fraction of sp³-hybridized carbons (Fsp3) is 0.714. The molecule has 0 spiro atoms. The van der Waals surface area contributed by atoms with Crippen LogP contribution in [0.5, 0.6) is 0 Å². The molecule has 2 heterocycles. The molecule has 0 aromatic carbocycles. The van der Waals surface area contributed by atoms with Crippen molar-refractivity contribution in [3.8, 4) is 0 Å². The van der Waals surface area contributed by atoms with Gasteiger partial charge in [-0.3, -0.25) is 0 Å². The maximum Gasteiger partial charge on any atom is 0.213 e. The standard InChI is InChI=1S/C7H11N3O.ClH/c1-3-8-4-2-6(1)7-9-5-11-10-7;/h5-6,8H,1-4H2;1H.